The predicted molar refractivity (Wildman–Crippen MR) is 66.8 cm³/mol. The molecule has 0 nitrogen and oxygen atoms in total. The van der Waals surface area contributed by atoms with Crippen LogP contribution in [-0.4, -0.2) is 11.3 Å². The van der Waals surface area contributed by atoms with Crippen molar-refractivity contribution in [2.75, 3.05) is 0 Å². The zero-order chi connectivity index (χ0) is 9.83. The molecule has 0 spiro atoms. The Morgan fingerprint density at radius 2 is 1.13 bits per heavy atom. The molecule has 1 heteroatoms. The van der Waals surface area contributed by atoms with Crippen LogP contribution in [0.25, 0.3) is 0 Å². The minimum atomic E-state index is 1.17. The van der Waals surface area contributed by atoms with Crippen LogP contribution in [0.2, 0.25) is 0 Å². The van der Waals surface area contributed by atoms with Gasteiger partial charge in [0.15, 0.2) is 0 Å². The van der Waals surface area contributed by atoms with Crippen molar-refractivity contribution in [1.29, 1.82) is 0 Å². The van der Waals surface area contributed by atoms with Crippen molar-refractivity contribution in [3.8, 4) is 0 Å². The van der Waals surface area contributed by atoms with Gasteiger partial charge < -0.3 is 0 Å². The van der Waals surface area contributed by atoms with E-state index < -0.39 is 0 Å². The quantitative estimate of drug-likeness (QED) is 0.618. The van der Waals surface area contributed by atoms with Crippen molar-refractivity contribution < 1.29 is 0 Å². The number of hydrogen-bond acceptors (Lipinski definition) is 0. The van der Waals surface area contributed by atoms with Crippen LogP contribution in [0.1, 0.15) is 51.4 Å². The minimum Gasteiger partial charge on any atom is -0.115 e. The molecule has 0 aliphatic heterocycles. The monoisotopic (exact) mass is 222 g/mol. The van der Waals surface area contributed by atoms with Crippen LogP contribution in [0.5, 0.6) is 0 Å². The van der Waals surface area contributed by atoms with E-state index >= 15 is 0 Å². The Hall–Kier alpha value is 0.430. The lowest BCUT2D eigenvalue weighted by Gasteiger charge is -2.29. The van der Waals surface area contributed by atoms with E-state index in [-0.39, 0.29) is 0 Å². The standard InChI is InChI=1S/C14H23P/c1-3-11-5-9(1)7-13(11)15-14-8-10-2-4-12(14)6-10/h9-15H,1-8H2/t9-,10+,11+,12-,13-,14-/m1/s1. The molecule has 0 aromatic heterocycles. The smallest absolute Gasteiger partial charge is 0.0203 e. The van der Waals surface area contributed by atoms with E-state index in [0.29, 0.717) is 0 Å². The molecule has 0 aromatic carbocycles. The molecule has 84 valence electrons. The van der Waals surface area contributed by atoms with Crippen LogP contribution >= 0.6 is 8.58 Å². The highest BCUT2D eigenvalue weighted by Crippen LogP contribution is 2.58. The summed E-state index contributed by atoms with van der Waals surface area (Å²) in [6.07, 6.45) is 12.9. The molecule has 4 saturated carbocycles. The van der Waals surface area contributed by atoms with Gasteiger partial charge in [-0.2, -0.15) is 0 Å². The van der Waals surface area contributed by atoms with Crippen molar-refractivity contribution >= 4 is 8.58 Å². The largest absolute Gasteiger partial charge is 0.115 e. The molecule has 4 bridgehead atoms. The molecule has 4 rings (SSSR count). The van der Waals surface area contributed by atoms with E-state index in [9.17, 15) is 0 Å². The Morgan fingerprint density at radius 1 is 0.600 bits per heavy atom. The van der Waals surface area contributed by atoms with Crippen molar-refractivity contribution in [2.45, 2.75) is 62.7 Å². The van der Waals surface area contributed by atoms with E-state index in [4.69, 9.17) is 0 Å². The Kier molecular flexibility index (Phi) is 2.18. The molecule has 0 heterocycles. The van der Waals surface area contributed by atoms with Crippen LogP contribution < -0.4 is 0 Å². The molecule has 1 unspecified atom stereocenters. The SMILES string of the molecule is C1C[C@H]2C[C@@H]1C[C@H]2P[C@@H]1C[C@H]2CC[C@@H]1C2. The van der Waals surface area contributed by atoms with Crippen LogP contribution in [0.4, 0.5) is 0 Å². The lowest BCUT2D eigenvalue weighted by atomic mass is 10.00. The maximum absolute atomic E-state index is 1.64. The van der Waals surface area contributed by atoms with E-state index in [1.165, 1.54) is 43.6 Å². The van der Waals surface area contributed by atoms with Gasteiger partial charge in [0, 0.05) is 0 Å². The molecular formula is C14H23P. The van der Waals surface area contributed by atoms with Gasteiger partial charge in [-0.15, -0.1) is 8.58 Å². The third kappa shape index (κ3) is 1.51. The van der Waals surface area contributed by atoms with E-state index in [1.54, 1.807) is 51.4 Å². The average molecular weight is 222 g/mol. The molecule has 0 amide bonds. The van der Waals surface area contributed by atoms with Gasteiger partial charge in [0.1, 0.15) is 0 Å². The van der Waals surface area contributed by atoms with E-state index in [0.717, 1.165) is 0 Å². The summed E-state index contributed by atoms with van der Waals surface area (Å²) < 4.78 is 0. The summed E-state index contributed by atoms with van der Waals surface area (Å²) in [7, 11) is 1.37. The first-order chi connectivity index (χ1) is 7.38. The van der Waals surface area contributed by atoms with Gasteiger partial charge in [-0.05, 0) is 73.5 Å². The first kappa shape index (κ1) is 9.46. The van der Waals surface area contributed by atoms with E-state index in [2.05, 4.69) is 0 Å². The summed E-state index contributed by atoms with van der Waals surface area (Å²) in [5, 5.41) is 0. The second-order valence-electron chi connectivity index (χ2n) is 6.73. The fourth-order valence-corrected chi connectivity index (χ4v) is 7.81. The maximum atomic E-state index is 1.64. The maximum Gasteiger partial charge on any atom is -0.0203 e. The summed E-state index contributed by atoms with van der Waals surface area (Å²) in [4.78, 5) is 0. The first-order valence-electron chi connectivity index (χ1n) is 7.14. The molecule has 0 aromatic rings. The molecule has 0 radical (unpaired) electrons. The molecule has 4 aliphatic rings. The molecule has 4 aliphatic carbocycles. The topological polar surface area (TPSA) is 0 Å². The van der Waals surface area contributed by atoms with Gasteiger partial charge in [-0.25, -0.2) is 0 Å². The fraction of sp³-hybridized carbons (Fsp3) is 1.00. The Labute approximate surface area is 95.4 Å². The zero-order valence-corrected chi connectivity index (χ0v) is 10.6. The molecular weight excluding hydrogens is 199 g/mol. The lowest BCUT2D eigenvalue weighted by molar-refractivity contribution is 0.466. The van der Waals surface area contributed by atoms with Crippen molar-refractivity contribution in [1.82, 2.24) is 0 Å². The second kappa shape index (κ2) is 3.46. The summed E-state index contributed by atoms with van der Waals surface area (Å²) in [6, 6.07) is 0. The third-order valence-electron chi connectivity index (χ3n) is 5.90. The Balaban J connectivity index is 1.40. The van der Waals surface area contributed by atoms with Crippen molar-refractivity contribution in [3.63, 3.8) is 0 Å². The van der Waals surface area contributed by atoms with Crippen molar-refractivity contribution in [2.24, 2.45) is 23.7 Å². The highest BCUT2D eigenvalue weighted by Gasteiger charge is 2.44. The van der Waals surface area contributed by atoms with Gasteiger partial charge in [-0.1, -0.05) is 12.8 Å². The Morgan fingerprint density at radius 3 is 1.47 bits per heavy atom. The van der Waals surface area contributed by atoms with Gasteiger partial charge in [-0.3, -0.25) is 0 Å². The number of hydrogen-bond donors (Lipinski definition) is 0. The number of fused-ring (bicyclic) bond motifs is 4. The molecule has 4 fully saturated rings. The first-order valence-corrected chi connectivity index (χ1v) is 8.30. The normalized spacial score (nSPS) is 57.6. The van der Waals surface area contributed by atoms with Gasteiger partial charge in [0.05, 0.1) is 0 Å². The highest BCUT2D eigenvalue weighted by molar-refractivity contribution is 7.39. The number of rotatable bonds is 2. The summed E-state index contributed by atoms with van der Waals surface area (Å²) in [5.74, 6) is 4.72. The summed E-state index contributed by atoms with van der Waals surface area (Å²) in [5.41, 5.74) is 2.40. The average Bonchev–Trinajstić information content (AvgIpc) is 2.96. The molecule has 0 N–H and O–H groups in total. The second-order valence-corrected chi connectivity index (χ2v) is 8.55. The van der Waals surface area contributed by atoms with Crippen LogP contribution in [0.15, 0.2) is 0 Å². The minimum absolute atomic E-state index is 1.17. The van der Waals surface area contributed by atoms with Crippen LogP contribution in [-0.2, 0) is 0 Å². The molecule has 15 heavy (non-hydrogen) atoms. The predicted octanol–water partition coefficient (Wildman–Crippen LogP) is 4.04. The van der Waals surface area contributed by atoms with Gasteiger partial charge in [0.2, 0.25) is 0 Å². The summed E-state index contributed by atoms with van der Waals surface area (Å²) >= 11 is 0. The fourth-order valence-electron chi connectivity index (χ4n) is 5.17. The lowest BCUT2D eigenvalue weighted by Crippen LogP contribution is -2.19. The molecule has 7 atom stereocenters. The third-order valence-corrected chi connectivity index (χ3v) is 8.17. The highest BCUT2D eigenvalue weighted by atomic mass is 31.1. The zero-order valence-electron chi connectivity index (χ0n) is 9.62. The summed E-state index contributed by atoms with van der Waals surface area (Å²) in [6.45, 7) is 0. The van der Waals surface area contributed by atoms with Gasteiger partial charge in [0.25, 0.3) is 0 Å². The molecule has 0 saturated heterocycles. The van der Waals surface area contributed by atoms with Crippen LogP contribution in [0.3, 0.4) is 0 Å². The Bertz CT molecular complexity index is 236. The van der Waals surface area contributed by atoms with Crippen molar-refractivity contribution in [3.05, 3.63) is 0 Å². The van der Waals surface area contributed by atoms with Crippen LogP contribution in [0, 0.1) is 23.7 Å². The van der Waals surface area contributed by atoms with Gasteiger partial charge >= 0.3 is 0 Å². The van der Waals surface area contributed by atoms with E-state index in [1.807, 2.05) is 0 Å².